The first-order chi connectivity index (χ1) is 18.2. The zero-order valence-corrected chi connectivity index (χ0v) is 24.5. The number of halogens is 3. The SMILES string of the molecule is COC(=O)C(C)(C)COc1ccc(Br)cc1[C@@H]1NCC[C@@H](c2cccc(Cl)c2)[C@]12C=Nc1cc(Cl)ccc12. The van der Waals surface area contributed by atoms with Gasteiger partial charge < -0.3 is 14.8 Å². The Morgan fingerprint density at radius 1 is 1.13 bits per heavy atom. The first-order valence-corrected chi connectivity index (χ1v) is 14.1. The summed E-state index contributed by atoms with van der Waals surface area (Å²) in [4.78, 5) is 17.2. The molecule has 0 aromatic heterocycles. The van der Waals surface area contributed by atoms with Gasteiger partial charge in [-0.2, -0.15) is 0 Å². The highest BCUT2D eigenvalue weighted by atomic mass is 79.9. The van der Waals surface area contributed by atoms with E-state index in [2.05, 4.69) is 51.7 Å². The van der Waals surface area contributed by atoms with Crippen molar-refractivity contribution in [1.82, 2.24) is 5.32 Å². The molecule has 1 fully saturated rings. The number of rotatable bonds is 6. The van der Waals surface area contributed by atoms with E-state index in [9.17, 15) is 4.79 Å². The van der Waals surface area contributed by atoms with Crippen LogP contribution in [0.2, 0.25) is 10.0 Å². The monoisotopic (exact) mass is 614 g/mol. The predicted molar refractivity (Wildman–Crippen MR) is 156 cm³/mol. The minimum Gasteiger partial charge on any atom is -0.492 e. The Morgan fingerprint density at radius 2 is 1.92 bits per heavy atom. The molecule has 0 unspecified atom stereocenters. The number of hydrogen-bond acceptors (Lipinski definition) is 5. The summed E-state index contributed by atoms with van der Waals surface area (Å²) in [5.41, 5.74) is 2.76. The normalized spacial score (nSPS) is 22.4. The third-order valence-corrected chi connectivity index (χ3v) is 8.50. The van der Waals surface area contributed by atoms with Crippen molar-refractivity contribution in [1.29, 1.82) is 0 Å². The first-order valence-electron chi connectivity index (χ1n) is 12.5. The van der Waals surface area contributed by atoms with Gasteiger partial charge in [-0.1, -0.05) is 57.3 Å². The number of methoxy groups -OCH3 is 1. The summed E-state index contributed by atoms with van der Waals surface area (Å²) in [6, 6.07) is 19.8. The smallest absolute Gasteiger partial charge is 0.314 e. The zero-order chi connectivity index (χ0) is 27.1. The molecule has 2 aliphatic rings. The minimum absolute atomic E-state index is 0.0944. The third-order valence-electron chi connectivity index (χ3n) is 7.54. The fourth-order valence-corrected chi connectivity index (χ4v) is 6.46. The molecule has 8 heteroatoms. The maximum Gasteiger partial charge on any atom is 0.314 e. The van der Waals surface area contributed by atoms with Gasteiger partial charge in [0.2, 0.25) is 0 Å². The van der Waals surface area contributed by atoms with Gasteiger partial charge in [0, 0.05) is 32.2 Å². The number of ether oxygens (including phenoxy) is 2. The number of nitrogens with one attached hydrogen (secondary N) is 1. The van der Waals surface area contributed by atoms with E-state index >= 15 is 0 Å². The van der Waals surface area contributed by atoms with Crippen molar-refractivity contribution in [2.45, 2.75) is 37.6 Å². The van der Waals surface area contributed by atoms with Crippen LogP contribution in [0, 0.1) is 5.41 Å². The molecule has 0 radical (unpaired) electrons. The van der Waals surface area contributed by atoms with Gasteiger partial charge in [-0.3, -0.25) is 9.79 Å². The first kappa shape index (κ1) is 27.2. The Kier molecular flexibility index (Phi) is 7.62. The third kappa shape index (κ3) is 4.88. The molecular weight excluding hydrogens is 587 g/mol. The average molecular weight is 616 g/mol. The van der Waals surface area contributed by atoms with Crippen molar-refractivity contribution in [3.8, 4) is 5.75 Å². The molecule has 2 heterocycles. The van der Waals surface area contributed by atoms with Gasteiger partial charge in [-0.05, 0) is 80.4 Å². The maximum atomic E-state index is 12.3. The molecule has 1 saturated heterocycles. The van der Waals surface area contributed by atoms with Gasteiger partial charge in [0.25, 0.3) is 0 Å². The Hall–Kier alpha value is -2.38. The Morgan fingerprint density at radius 3 is 2.68 bits per heavy atom. The molecule has 3 aromatic carbocycles. The molecule has 5 nitrogen and oxygen atoms in total. The van der Waals surface area contributed by atoms with Gasteiger partial charge in [0.1, 0.15) is 12.4 Å². The molecule has 2 aliphatic heterocycles. The minimum atomic E-state index is -0.807. The van der Waals surface area contributed by atoms with E-state index in [1.807, 2.05) is 50.2 Å². The largest absolute Gasteiger partial charge is 0.492 e. The summed E-state index contributed by atoms with van der Waals surface area (Å²) in [6.07, 6.45) is 2.96. The van der Waals surface area contributed by atoms with Crippen molar-refractivity contribution in [3.05, 3.63) is 91.9 Å². The van der Waals surface area contributed by atoms with Crippen molar-refractivity contribution in [3.63, 3.8) is 0 Å². The number of piperidine rings is 1. The van der Waals surface area contributed by atoms with Crippen molar-refractivity contribution in [2.24, 2.45) is 10.4 Å². The van der Waals surface area contributed by atoms with Crippen LogP contribution >= 0.6 is 39.1 Å². The van der Waals surface area contributed by atoms with Gasteiger partial charge >= 0.3 is 5.97 Å². The van der Waals surface area contributed by atoms with Crippen LogP contribution in [0.15, 0.2) is 70.1 Å². The van der Waals surface area contributed by atoms with E-state index in [1.165, 1.54) is 7.11 Å². The van der Waals surface area contributed by atoms with E-state index in [0.29, 0.717) is 15.8 Å². The molecule has 0 aliphatic carbocycles. The highest BCUT2D eigenvalue weighted by Crippen LogP contribution is 2.57. The quantitative estimate of drug-likeness (QED) is 0.287. The van der Waals surface area contributed by atoms with Gasteiger partial charge in [0.05, 0.1) is 29.7 Å². The van der Waals surface area contributed by atoms with Crippen molar-refractivity contribution < 1.29 is 14.3 Å². The standard InChI is InChI=1S/C30H29BrCl2N2O3/c1-29(2,28(36)37-3)17-38-26-10-7-19(31)14-22(26)27-30(16-35-25-15-21(33)8-9-24(25)30)23(11-12-34-27)18-5-4-6-20(32)13-18/h4-10,13-16,23,27,34H,11-12,17H2,1-3H3/t23-,27-,30-/m0/s1. The average Bonchev–Trinajstić information content (AvgIpc) is 3.25. The molecule has 5 rings (SSSR count). The second-order valence-electron chi connectivity index (χ2n) is 10.5. The molecule has 3 aromatic rings. The van der Waals surface area contributed by atoms with E-state index < -0.39 is 10.8 Å². The van der Waals surface area contributed by atoms with Crippen LogP contribution in [-0.2, 0) is 14.9 Å². The molecule has 0 bridgehead atoms. The van der Waals surface area contributed by atoms with Gasteiger partial charge in [-0.25, -0.2) is 0 Å². The lowest BCUT2D eigenvalue weighted by atomic mass is 9.60. The lowest BCUT2D eigenvalue weighted by Crippen LogP contribution is -2.51. The molecule has 38 heavy (non-hydrogen) atoms. The summed E-state index contributed by atoms with van der Waals surface area (Å²) in [7, 11) is 1.39. The molecular formula is C30H29BrCl2N2O3. The van der Waals surface area contributed by atoms with E-state index in [1.54, 1.807) is 0 Å². The molecule has 198 valence electrons. The number of benzene rings is 3. The second-order valence-corrected chi connectivity index (χ2v) is 12.3. The predicted octanol–water partition coefficient (Wildman–Crippen LogP) is 7.81. The lowest BCUT2D eigenvalue weighted by Gasteiger charge is -2.48. The van der Waals surface area contributed by atoms with Crippen molar-refractivity contribution in [2.75, 3.05) is 20.3 Å². The Labute approximate surface area is 241 Å². The van der Waals surface area contributed by atoms with Crippen molar-refractivity contribution >= 4 is 57.0 Å². The van der Waals surface area contributed by atoms with Crippen LogP contribution in [-0.4, -0.2) is 32.4 Å². The zero-order valence-electron chi connectivity index (χ0n) is 21.4. The second kappa shape index (κ2) is 10.6. The molecule has 0 saturated carbocycles. The topological polar surface area (TPSA) is 59.9 Å². The number of carbonyl (C=O) groups is 1. The van der Waals surface area contributed by atoms with E-state index in [-0.39, 0.29) is 24.5 Å². The number of hydrogen-bond donors (Lipinski definition) is 1. The van der Waals surface area contributed by atoms with Crippen LogP contribution in [0.5, 0.6) is 5.75 Å². The number of fused-ring (bicyclic) bond motifs is 2. The summed E-state index contributed by atoms with van der Waals surface area (Å²) < 4.78 is 12.3. The molecule has 0 amide bonds. The lowest BCUT2D eigenvalue weighted by molar-refractivity contribution is -0.152. The number of aliphatic imine (C=N–C) groups is 1. The number of nitrogens with zero attached hydrogens (tertiary/aromatic N) is 1. The van der Waals surface area contributed by atoms with E-state index in [0.717, 1.165) is 39.8 Å². The molecule has 1 spiro atoms. The van der Waals surface area contributed by atoms with Crippen LogP contribution < -0.4 is 10.1 Å². The van der Waals surface area contributed by atoms with Crippen LogP contribution in [0.3, 0.4) is 0 Å². The fourth-order valence-electron chi connectivity index (χ4n) is 5.72. The summed E-state index contributed by atoms with van der Waals surface area (Å²) in [5.74, 6) is 0.472. The van der Waals surface area contributed by atoms with E-state index in [4.69, 9.17) is 37.7 Å². The highest BCUT2D eigenvalue weighted by Gasteiger charge is 2.53. The van der Waals surface area contributed by atoms with Gasteiger partial charge in [0.15, 0.2) is 0 Å². The van der Waals surface area contributed by atoms with Crippen LogP contribution in [0.25, 0.3) is 0 Å². The van der Waals surface area contributed by atoms with Crippen LogP contribution in [0.1, 0.15) is 48.9 Å². The number of esters is 1. The fraction of sp³-hybridized carbons (Fsp3) is 0.333. The summed E-state index contributed by atoms with van der Waals surface area (Å²) in [5, 5.41) is 5.14. The van der Waals surface area contributed by atoms with Gasteiger partial charge in [-0.15, -0.1) is 0 Å². The number of carbonyl (C=O) groups excluding carboxylic acids is 1. The summed E-state index contributed by atoms with van der Waals surface area (Å²) in [6.45, 7) is 4.60. The highest BCUT2D eigenvalue weighted by molar-refractivity contribution is 9.10. The molecule has 1 N–H and O–H groups in total. The van der Waals surface area contributed by atoms with Crippen LogP contribution in [0.4, 0.5) is 5.69 Å². The Balaban J connectivity index is 1.65. The maximum absolute atomic E-state index is 12.3. The summed E-state index contributed by atoms with van der Waals surface area (Å²) >= 11 is 16.5. The Bertz CT molecular complexity index is 1410. The molecule has 3 atom stereocenters.